The number of nitrogens with one attached hydrogen (secondary N) is 2. The van der Waals surface area contributed by atoms with Crippen molar-refractivity contribution in [2.75, 3.05) is 29.9 Å². The van der Waals surface area contributed by atoms with Crippen molar-refractivity contribution in [1.29, 1.82) is 0 Å². The lowest BCUT2D eigenvalue weighted by atomic mass is 10.2. The van der Waals surface area contributed by atoms with Crippen LogP contribution >= 0.6 is 11.6 Å². The Kier molecular flexibility index (Phi) is 5.29. The number of halogens is 1. The van der Waals surface area contributed by atoms with Crippen LogP contribution in [-0.4, -0.2) is 31.4 Å². The zero-order valence-electron chi connectivity index (χ0n) is 14.0. The van der Waals surface area contributed by atoms with Crippen LogP contribution in [0.25, 0.3) is 0 Å². The summed E-state index contributed by atoms with van der Waals surface area (Å²) in [6, 6.07) is 5.62. The first kappa shape index (κ1) is 17.1. The molecule has 1 aromatic carbocycles. The number of carbonyl (C=O) groups excluding carboxylic acids is 2. The molecule has 0 bridgehead atoms. The van der Waals surface area contributed by atoms with Gasteiger partial charge in [0, 0.05) is 37.7 Å². The van der Waals surface area contributed by atoms with Gasteiger partial charge >= 0.3 is 0 Å². The van der Waals surface area contributed by atoms with Crippen LogP contribution in [0.4, 0.5) is 11.4 Å². The summed E-state index contributed by atoms with van der Waals surface area (Å²) in [5.74, 6) is 0.567. The van der Waals surface area contributed by atoms with Crippen LogP contribution in [0.1, 0.15) is 32.6 Å². The summed E-state index contributed by atoms with van der Waals surface area (Å²) in [5, 5.41) is 6.31. The highest BCUT2D eigenvalue weighted by molar-refractivity contribution is 6.33. The van der Waals surface area contributed by atoms with Crippen molar-refractivity contribution < 1.29 is 9.59 Å². The summed E-state index contributed by atoms with van der Waals surface area (Å²) >= 11 is 6.34. The molecule has 1 saturated carbocycles. The molecule has 1 aliphatic heterocycles. The second-order valence-corrected chi connectivity index (χ2v) is 7.18. The molecule has 1 aliphatic carbocycles. The van der Waals surface area contributed by atoms with E-state index >= 15 is 0 Å². The van der Waals surface area contributed by atoms with Gasteiger partial charge in [-0.3, -0.25) is 9.59 Å². The Balaban J connectivity index is 1.45. The van der Waals surface area contributed by atoms with Gasteiger partial charge in [-0.05, 0) is 43.4 Å². The summed E-state index contributed by atoms with van der Waals surface area (Å²) in [4.78, 5) is 25.9. The van der Waals surface area contributed by atoms with E-state index in [4.69, 9.17) is 11.6 Å². The lowest BCUT2D eigenvalue weighted by Crippen LogP contribution is -2.29. The Morgan fingerprint density at radius 1 is 1.29 bits per heavy atom. The van der Waals surface area contributed by atoms with Crippen molar-refractivity contribution in [2.45, 2.75) is 32.6 Å². The highest BCUT2D eigenvalue weighted by Gasteiger charge is 2.38. The Morgan fingerprint density at radius 3 is 2.62 bits per heavy atom. The summed E-state index contributed by atoms with van der Waals surface area (Å²) < 4.78 is 0. The van der Waals surface area contributed by atoms with Crippen LogP contribution in [0.2, 0.25) is 5.02 Å². The van der Waals surface area contributed by atoms with E-state index in [9.17, 15) is 9.59 Å². The monoisotopic (exact) mass is 349 g/mol. The quantitative estimate of drug-likeness (QED) is 0.829. The van der Waals surface area contributed by atoms with Gasteiger partial charge in [-0.2, -0.15) is 0 Å². The lowest BCUT2D eigenvalue weighted by Gasteiger charge is -2.19. The van der Waals surface area contributed by atoms with E-state index in [1.807, 2.05) is 12.1 Å². The maximum atomic E-state index is 12.0. The topological polar surface area (TPSA) is 61.4 Å². The van der Waals surface area contributed by atoms with Crippen LogP contribution in [0, 0.1) is 11.8 Å². The molecule has 0 aromatic heterocycles. The molecule has 1 aromatic rings. The molecule has 6 heteroatoms. The molecule has 24 heavy (non-hydrogen) atoms. The number of amides is 2. The Morgan fingerprint density at radius 2 is 2.00 bits per heavy atom. The Hall–Kier alpha value is -1.75. The average molecular weight is 350 g/mol. The van der Waals surface area contributed by atoms with Crippen molar-refractivity contribution in [1.82, 2.24) is 5.32 Å². The highest BCUT2D eigenvalue weighted by Crippen LogP contribution is 2.37. The third-order valence-electron chi connectivity index (χ3n) is 4.78. The van der Waals surface area contributed by atoms with Crippen molar-refractivity contribution in [3.05, 3.63) is 23.2 Å². The van der Waals surface area contributed by atoms with E-state index in [-0.39, 0.29) is 24.2 Å². The number of benzene rings is 1. The minimum Gasteiger partial charge on any atom is -0.370 e. The van der Waals surface area contributed by atoms with E-state index in [0.29, 0.717) is 23.2 Å². The maximum Gasteiger partial charge on any atom is 0.226 e. The number of hydrogen-bond donors (Lipinski definition) is 2. The van der Waals surface area contributed by atoms with E-state index in [2.05, 4.69) is 22.5 Å². The van der Waals surface area contributed by atoms with Gasteiger partial charge in [0.25, 0.3) is 0 Å². The molecule has 3 rings (SSSR count). The molecule has 2 amide bonds. The minimum atomic E-state index is -0.121. The number of hydrogen-bond acceptors (Lipinski definition) is 3. The molecule has 2 fully saturated rings. The minimum absolute atomic E-state index is 0.0633. The predicted octanol–water partition coefficient (Wildman–Crippen LogP) is 3.04. The van der Waals surface area contributed by atoms with Gasteiger partial charge in [0.1, 0.15) is 0 Å². The maximum absolute atomic E-state index is 12.0. The lowest BCUT2D eigenvalue weighted by molar-refractivity contribution is -0.122. The second-order valence-electron chi connectivity index (χ2n) is 6.77. The van der Waals surface area contributed by atoms with Crippen molar-refractivity contribution in [3.8, 4) is 0 Å². The molecule has 2 aliphatic rings. The van der Waals surface area contributed by atoms with Gasteiger partial charge in [-0.1, -0.05) is 18.5 Å². The molecule has 2 atom stereocenters. The van der Waals surface area contributed by atoms with Gasteiger partial charge in [0.2, 0.25) is 11.8 Å². The molecule has 130 valence electrons. The van der Waals surface area contributed by atoms with Crippen molar-refractivity contribution >= 4 is 34.8 Å². The first-order chi connectivity index (χ1) is 11.5. The van der Waals surface area contributed by atoms with Crippen LogP contribution in [0.15, 0.2) is 18.2 Å². The third kappa shape index (κ3) is 4.20. The summed E-state index contributed by atoms with van der Waals surface area (Å²) in [6.07, 6.45) is 3.61. The number of carbonyl (C=O) groups is 2. The summed E-state index contributed by atoms with van der Waals surface area (Å²) in [7, 11) is 0. The fourth-order valence-corrected chi connectivity index (χ4v) is 3.44. The smallest absolute Gasteiger partial charge is 0.226 e. The number of anilines is 2. The molecular weight excluding hydrogens is 326 g/mol. The molecule has 0 spiro atoms. The van der Waals surface area contributed by atoms with Gasteiger partial charge in [-0.25, -0.2) is 0 Å². The molecule has 1 saturated heterocycles. The van der Waals surface area contributed by atoms with Gasteiger partial charge < -0.3 is 15.5 Å². The van der Waals surface area contributed by atoms with Crippen LogP contribution in [-0.2, 0) is 9.59 Å². The Labute approximate surface area is 147 Å². The third-order valence-corrected chi connectivity index (χ3v) is 5.08. The largest absolute Gasteiger partial charge is 0.370 e. The van der Waals surface area contributed by atoms with E-state index in [0.717, 1.165) is 25.2 Å². The van der Waals surface area contributed by atoms with E-state index < -0.39 is 0 Å². The summed E-state index contributed by atoms with van der Waals surface area (Å²) in [6.45, 7) is 4.50. The average Bonchev–Trinajstić information content (AvgIpc) is 3.05. The standard InChI is InChI=1S/C18H24ClN3O2/c1-12-10-14(12)18(24)20-7-6-17(23)21-13-4-5-16(15(19)11-13)22-8-2-3-9-22/h4-5,11-12,14H,2-3,6-10H2,1H3,(H,20,24)(H,21,23)/t12-,14-/m1/s1. The fourth-order valence-electron chi connectivity index (χ4n) is 3.14. The second kappa shape index (κ2) is 7.43. The Bertz CT molecular complexity index is 629. The van der Waals surface area contributed by atoms with Gasteiger partial charge in [0.05, 0.1) is 10.7 Å². The first-order valence-corrected chi connectivity index (χ1v) is 9.04. The molecule has 2 N–H and O–H groups in total. The molecular formula is C18H24ClN3O2. The van der Waals surface area contributed by atoms with Crippen molar-refractivity contribution in [2.24, 2.45) is 11.8 Å². The van der Waals surface area contributed by atoms with Gasteiger partial charge in [0.15, 0.2) is 0 Å². The van der Waals surface area contributed by atoms with E-state index in [1.165, 1.54) is 12.8 Å². The fraction of sp³-hybridized carbons (Fsp3) is 0.556. The molecule has 0 unspecified atom stereocenters. The first-order valence-electron chi connectivity index (χ1n) is 8.66. The van der Waals surface area contributed by atoms with Crippen LogP contribution < -0.4 is 15.5 Å². The normalized spacial score (nSPS) is 22.3. The zero-order chi connectivity index (χ0) is 17.1. The van der Waals surface area contributed by atoms with Crippen molar-refractivity contribution in [3.63, 3.8) is 0 Å². The SMILES string of the molecule is C[C@@H]1C[C@H]1C(=O)NCCC(=O)Nc1ccc(N2CCCC2)c(Cl)c1. The van der Waals surface area contributed by atoms with Gasteiger partial charge in [-0.15, -0.1) is 0 Å². The molecule has 1 heterocycles. The summed E-state index contributed by atoms with van der Waals surface area (Å²) in [5.41, 5.74) is 1.72. The molecule has 5 nitrogen and oxygen atoms in total. The number of rotatable bonds is 6. The number of nitrogens with zero attached hydrogens (tertiary/aromatic N) is 1. The van der Waals surface area contributed by atoms with Crippen LogP contribution in [0.5, 0.6) is 0 Å². The van der Waals surface area contributed by atoms with E-state index in [1.54, 1.807) is 6.07 Å². The predicted molar refractivity (Wildman–Crippen MR) is 96.4 cm³/mol. The zero-order valence-corrected chi connectivity index (χ0v) is 14.7. The molecule has 0 radical (unpaired) electrons. The highest BCUT2D eigenvalue weighted by atomic mass is 35.5. The van der Waals surface area contributed by atoms with Crippen LogP contribution in [0.3, 0.4) is 0 Å².